The molecule has 2 N–H and O–H groups in total. The number of hydrogen-bond donors (Lipinski definition) is 2. The fourth-order valence-corrected chi connectivity index (χ4v) is 3.04. The number of rotatable bonds is 7. The molecule has 5 heteroatoms. The summed E-state index contributed by atoms with van der Waals surface area (Å²) < 4.78 is 0. The third kappa shape index (κ3) is 6.09. The Morgan fingerprint density at radius 1 is 1.29 bits per heavy atom. The van der Waals surface area contributed by atoms with E-state index in [0.717, 1.165) is 51.5 Å². The van der Waals surface area contributed by atoms with Crippen molar-refractivity contribution in [1.82, 2.24) is 15.5 Å². The summed E-state index contributed by atoms with van der Waals surface area (Å²) in [5.74, 6) is 0.878. The molecule has 0 saturated heterocycles. The molecule has 0 fully saturated rings. The average Bonchev–Trinajstić information content (AvgIpc) is 2.60. The maximum Gasteiger partial charge on any atom is 0.191 e. The smallest absolute Gasteiger partial charge is 0.191 e. The van der Waals surface area contributed by atoms with E-state index in [2.05, 4.69) is 60.2 Å². The van der Waals surface area contributed by atoms with Crippen LogP contribution in [-0.4, -0.2) is 43.1 Å². The van der Waals surface area contributed by atoms with Gasteiger partial charge >= 0.3 is 0 Å². The van der Waals surface area contributed by atoms with Crippen LogP contribution in [-0.2, 0) is 13.0 Å². The van der Waals surface area contributed by atoms with Crippen LogP contribution in [0.4, 0.5) is 0 Å². The molecule has 1 atom stereocenters. The van der Waals surface area contributed by atoms with Gasteiger partial charge in [0.15, 0.2) is 5.96 Å². The minimum absolute atomic E-state index is 0. The normalized spacial score (nSPS) is 15.8. The molecule has 1 aliphatic rings. The van der Waals surface area contributed by atoms with Crippen LogP contribution >= 0.6 is 24.0 Å². The molecule has 1 aliphatic heterocycles. The van der Waals surface area contributed by atoms with Crippen LogP contribution in [0.1, 0.15) is 31.4 Å². The molecule has 0 radical (unpaired) electrons. The molecule has 134 valence electrons. The van der Waals surface area contributed by atoms with E-state index in [-0.39, 0.29) is 24.0 Å². The van der Waals surface area contributed by atoms with Gasteiger partial charge in [0.2, 0.25) is 0 Å². The van der Waals surface area contributed by atoms with E-state index in [9.17, 15) is 0 Å². The van der Waals surface area contributed by atoms with Gasteiger partial charge in [-0.1, -0.05) is 37.3 Å². The third-order valence-corrected chi connectivity index (χ3v) is 4.37. The minimum atomic E-state index is 0. The molecular weight excluding hydrogens is 411 g/mol. The largest absolute Gasteiger partial charge is 0.357 e. The van der Waals surface area contributed by atoms with Crippen molar-refractivity contribution in [3.63, 3.8) is 0 Å². The molecule has 1 aromatic rings. The van der Waals surface area contributed by atoms with E-state index in [0.29, 0.717) is 6.04 Å². The van der Waals surface area contributed by atoms with Crippen LogP contribution in [0.25, 0.3) is 0 Å². The number of hydrogen-bond acceptors (Lipinski definition) is 2. The second kappa shape index (κ2) is 11.5. The number of nitrogens with one attached hydrogen (secondary N) is 2. The lowest BCUT2D eigenvalue weighted by atomic mass is 9.98. The highest BCUT2D eigenvalue weighted by atomic mass is 127. The van der Waals surface area contributed by atoms with Gasteiger partial charge in [0, 0.05) is 32.2 Å². The SMILES string of the molecule is C=CCNC(=NCC(CC)N1CCc2ccccc2C1)NCC.I. The second-order valence-electron chi connectivity index (χ2n) is 5.94. The molecule has 4 nitrogen and oxygen atoms in total. The van der Waals surface area contributed by atoms with Gasteiger partial charge in [-0.3, -0.25) is 9.89 Å². The van der Waals surface area contributed by atoms with E-state index in [1.807, 2.05) is 6.08 Å². The Hall–Kier alpha value is -1.08. The lowest BCUT2D eigenvalue weighted by molar-refractivity contribution is 0.178. The second-order valence-corrected chi connectivity index (χ2v) is 5.94. The number of benzene rings is 1. The maximum absolute atomic E-state index is 4.76. The Morgan fingerprint density at radius 2 is 2.04 bits per heavy atom. The zero-order valence-corrected chi connectivity index (χ0v) is 17.3. The summed E-state index contributed by atoms with van der Waals surface area (Å²) in [5, 5.41) is 6.56. The van der Waals surface area contributed by atoms with Crippen LogP contribution in [0.15, 0.2) is 41.9 Å². The minimum Gasteiger partial charge on any atom is -0.357 e. The third-order valence-electron chi connectivity index (χ3n) is 4.37. The number of fused-ring (bicyclic) bond motifs is 1. The molecule has 0 aliphatic carbocycles. The van der Waals surface area contributed by atoms with E-state index >= 15 is 0 Å². The van der Waals surface area contributed by atoms with E-state index in [4.69, 9.17) is 4.99 Å². The quantitative estimate of drug-likeness (QED) is 0.295. The molecule has 1 aromatic carbocycles. The Labute approximate surface area is 163 Å². The number of halogens is 1. The predicted octanol–water partition coefficient (Wildman–Crippen LogP) is 3.18. The molecular formula is C19H31IN4. The summed E-state index contributed by atoms with van der Waals surface area (Å²) in [4.78, 5) is 7.33. The Balaban J connectivity index is 0.00000288. The van der Waals surface area contributed by atoms with Gasteiger partial charge in [-0.05, 0) is 30.9 Å². The summed E-state index contributed by atoms with van der Waals surface area (Å²) in [6.07, 6.45) is 4.11. The van der Waals surface area contributed by atoms with Crippen LogP contribution in [0.2, 0.25) is 0 Å². The Bertz CT molecular complexity index is 530. The molecule has 0 bridgehead atoms. The number of guanidine groups is 1. The van der Waals surface area contributed by atoms with Crippen molar-refractivity contribution in [2.45, 2.75) is 39.3 Å². The van der Waals surface area contributed by atoms with Gasteiger partial charge in [-0.2, -0.15) is 0 Å². The van der Waals surface area contributed by atoms with Crippen molar-refractivity contribution in [3.05, 3.63) is 48.0 Å². The highest BCUT2D eigenvalue weighted by molar-refractivity contribution is 14.0. The highest BCUT2D eigenvalue weighted by Gasteiger charge is 2.22. The van der Waals surface area contributed by atoms with Crippen LogP contribution < -0.4 is 10.6 Å². The van der Waals surface area contributed by atoms with Crippen molar-refractivity contribution in [2.24, 2.45) is 4.99 Å². The molecule has 1 unspecified atom stereocenters. The van der Waals surface area contributed by atoms with Gasteiger partial charge in [0.1, 0.15) is 0 Å². The van der Waals surface area contributed by atoms with Crippen molar-refractivity contribution in [3.8, 4) is 0 Å². The van der Waals surface area contributed by atoms with E-state index < -0.39 is 0 Å². The fourth-order valence-electron chi connectivity index (χ4n) is 3.04. The lowest BCUT2D eigenvalue weighted by Crippen LogP contribution is -2.42. The molecule has 0 aromatic heterocycles. The number of aliphatic imine (C=N–C) groups is 1. The highest BCUT2D eigenvalue weighted by Crippen LogP contribution is 2.21. The fraction of sp³-hybridized carbons (Fsp3) is 0.526. The van der Waals surface area contributed by atoms with Gasteiger partial charge in [-0.25, -0.2) is 0 Å². The van der Waals surface area contributed by atoms with Gasteiger partial charge in [0.05, 0.1) is 6.54 Å². The van der Waals surface area contributed by atoms with E-state index in [1.54, 1.807) is 0 Å². The first-order chi connectivity index (χ1) is 11.3. The summed E-state index contributed by atoms with van der Waals surface area (Å²) in [5.41, 5.74) is 2.97. The first-order valence-electron chi connectivity index (χ1n) is 8.72. The lowest BCUT2D eigenvalue weighted by Gasteiger charge is -2.34. The average molecular weight is 442 g/mol. The first kappa shape index (κ1) is 21.0. The Kier molecular flexibility index (Phi) is 10.0. The summed E-state index contributed by atoms with van der Waals surface area (Å²) >= 11 is 0. The molecule has 24 heavy (non-hydrogen) atoms. The van der Waals surface area contributed by atoms with Gasteiger partial charge in [0.25, 0.3) is 0 Å². The molecule has 2 rings (SSSR count). The van der Waals surface area contributed by atoms with Gasteiger partial charge in [-0.15, -0.1) is 30.6 Å². The Morgan fingerprint density at radius 3 is 2.71 bits per heavy atom. The first-order valence-corrected chi connectivity index (χ1v) is 8.72. The summed E-state index contributed by atoms with van der Waals surface area (Å²) in [7, 11) is 0. The predicted molar refractivity (Wildman–Crippen MR) is 114 cm³/mol. The number of nitrogens with zero attached hydrogens (tertiary/aromatic N) is 2. The zero-order valence-electron chi connectivity index (χ0n) is 14.9. The molecule has 0 spiro atoms. The standard InChI is InChI=1S/C19H30N4.HI/c1-4-12-21-19(20-6-3)22-14-18(5-2)23-13-11-16-9-7-8-10-17(16)15-23;/h4,7-10,18H,1,5-6,11-15H2,2-3H3,(H2,20,21,22);1H. The zero-order chi connectivity index (χ0) is 16.5. The van der Waals surface area contributed by atoms with Crippen LogP contribution in [0.5, 0.6) is 0 Å². The van der Waals surface area contributed by atoms with Gasteiger partial charge < -0.3 is 10.6 Å². The summed E-state index contributed by atoms with van der Waals surface area (Å²) in [6, 6.07) is 9.29. The van der Waals surface area contributed by atoms with Crippen molar-refractivity contribution in [1.29, 1.82) is 0 Å². The van der Waals surface area contributed by atoms with Crippen molar-refractivity contribution < 1.29 is 0 Å². The molecule has 1 heterocycles. The van der Waals surface area contributed by atoms with E-state index in [1.165, 1.54) is 11.1 Å². The van der Waals surface area contributed by atoms with Crippen LogP contribution in [0.3, 0.4) is 0 Å². The maximum atomic E-state index is 4.76. The van der Waals surface area contributed by atoms with Crippen molar-refractivity contribution >= 4 is 29.9 Å². The monoisotopic (exact) mass is 442 g/mol. The summed E-state index contributed by atoms with van der Waals surface area (Å²) in [6.45, 7) is 12.7. The topological polar surface area (TPSA) is 39.7 Å². The molecule has 0 amide bonds. The molecule has 0 saturated carbocycles. The van der Waals surface area contributed by atoms with Crippen molar-refractivity contribution in [2.75, 3.05) is 26.2 Å². The van der Waals surface area contributed by atoms with Crippen LogP contribution in [0, 0.1) is 0 Å².